The van der Waals surface area contributed by atoms with Crippen LogP contribution in [0.5, 0.6) is 0 Å². The van der Waals surface area contributed by atoms with Crippen LogP contribution in [-0.4, -0.2) is 71.0 Å². The molecule has 1 amide bonds. The molecule has 1 spiro atoms. The highest BCUT2D eigenvalue weighted by atomic mass is 32.2. The topological polar surface area (TPSA) is 77.4 Å². The number of anilines is 1. The molecule has 2 heterocycles. The van der Waals surface area contributed by atoms with Crippen LogP contribution in [0.15, 0.2) is 22.6 Å². The Balaban J connectivity index is 1.63. The number of rotatable bonds is 2. The van der Waals surface area contributed by atoms with E-state index in [9.17, 15) is 9.35 Å². The second-order valence-electron chi connectivity index (χ2n) is 11.7. The molecular formula is C26H39N3O4S. The number of hydrogen-bond acceptors (Lipinski definition) is 6. The number of nitrogens with zero attached hydrogens (tertiary/aromatic N) is 3. The highest BCUT2D eigenvalue weighted by Crippen LogP contribution is 2.47. The maximum atomic E-state index is 13.2. The van der Waals surface area contributed by atoms with E-state index in [0.717, 1.165) is 56.8 Å². The van der Waals surface area contributed by atoms with E-state index < -0.39 is 21.7 Å². The maximum absolute atomic E-state index is 13.2. The highest BCUT2D eigenvalue weighted by molar-refractivity contribution is 7.91. The Bertz CT molecular complexity index is 936. The van der Waals surface area contributed by atoms with Crippen molar-refractivity contribution in [3.8, 4) is 0 Å². The molecule has 0 aromatic heterocycles. The summed E-state index contributed by atoms with van der Waals surface area (Å²) in [4.78, 5) is 16.8. The molecule has 4 rings (SSSR count). The van der Waals surface area contributed by atoms with Gasteiger partial charge in [-0.05, 0) is 78.5 Å². The summed E-state index contributed by atoms with van der Waals surface area (Å²) in [5, 5.41) is 0. The number of likely N-dealkylation sites (tertiary alicyclic amines) is 1. The van der Waals surface area contributed by atoms with Gasteiger partial charge in [0, 0.05) is 42.8 Å². The summed E-state index contributed by atoms with van der Waals surface area (Å²) in [6.07, 6.45) is 2.18. The maximum Gasteiger partial charge on any atom is 0.410 e. The number of carbonyl (C=O) groups excluding carboxylic acids is 1. The monoisotopic (exact) mass is 489 g/mol. The fourth-order valence-electron chi connectivity index (χ4n) is 4.91. The number of morpholine rings is 1. The van der Waals surface area contributed by atoms with Crippen LogP contribution in [0, 0.1) is 5.41 Å². The van der Waals surface area contributed by atoms with Crippen LogP contribution in [0.3, 0.4) is 0 Å². The van der Waals surface area contributed by atoms with Crippen molar-refractivity contribution in [1.82, 2.24) is 4.90 Å². The van der Waals surface area contributed by atoms with E-state index in [1.807, 2.05) is 41.5 Å². The number of amides is 1. The first-order valence-corrected chi connectivity index (χ1v) is 13.4. The van der Waals surface area contributed by atoms with Gasteiger partial charge in [0.1, 0.15) is 27.4 Å². The summed E-state index contributed by atoms with van der Waals surface area (Å²) in [5.41, 5.74) is 3.78. The first-order valence-electron chi connectivity index (χ1n) is 12.3. The van der Waals surface area contributed by atoms with Gasteiger partial charge in [0.25, 0.3) is 0 Å². The van der Waals surface area contributed by atoms with Gasteiger partial charge in [0.05, 0.1) is 13.2 Å². The van der Waals surface area contributed by atoms with Crippen LogP contribution in [-0.2, 0) is 27.3 Å². The zero-order chi connectivity index (χ0) is 24.7. The van der Waals surface area contributed by atoms with Gasteiger partial charge in [-0.3, -0.25) is 0 Å². The van der Waals surface area contributed by atoms with Crippen molar-refractivity contribution in [1.29, 1.82) is 0 Å². The summed E-state index contributed by atoms with van der Waals surface area (Å²) in [5.74, 6) is 0. The van der Waals surface area contributed by atoms with Crippen molar-refractivity contribution in [3.05, 3.63) is 29.3 Å². The van der Waals surface area contributed by atoms with E-state index in [4.69, 9.17) is 13.9 Å². The molecule has 34 heavy (non-hydrogen) atoms. The summed E-state index contributed by atoms with van der Waals surface area (Å²) in [6, 6.07) is 6.64. The molecule has 188 valence electrons. The second kappa shape index (κ2) is 9.36. The number of piperidine rings is 1. The number of fused-ring (bicyclic) bond motifs is 1. The van der Waals surface area contributed by atoms with Crippen LogP contribution in [0.2, 0.25) is 0 Å². The third-order valence-electron chi connectivity index (χ3n) is 6.83. The van der Waals surface area contributed by atoms with Gasteiger partial charge in [-0.25, -0.2) is 4.79 Å². The lowest BCUT2D eigenvalue weighted by atomic mass is 9.74. The van der Waals surface area contributed by atoms with Crippen molar-refractivity contribution in [2.45, 2.75) is 71.2 Å². The molecule has 0 unspecified atom stereocenters. The Kier molecular flexibility index (Phi) is 6.97. The summed E-state index contributed by atoms with van der Waals surface area (Å²) in [7, 11) is 0. The van der Waals surface area contributed by atoms with Gasteiger partial charge in [-0.2, -0.15) is 0 Å². The van der Waals surface area contributed by atoms with E-state index in [0.29, 0.717) is 13.1 Å². The van der Waals surface area contributed by atoms with Gasteiger partial charge < -0.3 is 23.8 Å². The van der Waals surface area contributed by atoms with Gasteiger partial charge >= 0.3 is 6.09 Å². The third kappa shape index (κ3) is 5.39. The summed E-state index contributed by atoms with van der Waals surface area (Å²) >= 11 is -1.36. The van der Waals surface area contributed by atoms with Crippen LogP contribution in [0.4, 0.5) is 10.5 Å². The molecule has 2 saturated heterocycles. The molecule has 2 aliphatic heterocycles. The molecule has 2 fully saturated rings. The second-order valence-corrected chi connectivity index (χ2v) is 13.6. The van der Waals surface area contributed by atoms with Crippen molar-refractivity contribution in [3.63, 3.8) is 0 Å². The van der Waals surface area contributed by atoms with Gasteiger partial charge in [0.15, 0.2) is 0 Å². The smallest absolute Gasteiger partial charge is 0.410 e. The molecule has 0 saturated carbocycles. The van der Waals surface area contributed by atoms with Gasteiger partial charge in [-0.15, -0.1) is 0 Å². The Labute approximate surface area is 207 Å². The minimum atomic E-state index is -1.36. The number of hydrogen-bond donors (Lipinski definition) is 0. The fraction of sp³-hybridized carbons (Fsp3) is 0.692. The predicted molar refractivity (Wildman–Crippen MR) is 137 cm³/mol. The van der Waals surface area contributed by atoms with E-state index in [-0.39, 0.29) is 11.5 Å². The predicted octanol–water partition coefficient (Wildman–Crippen LogP) is 4.35. The third-order valence-corrected chi connectivity index (χ3v) is 8.22. The van der Waals surface area contributed by atoms with Crippen LogP contribution in [0.25, 0.3) is 0 Å². The molecule has 0 radical (unpaired) electrons. The van der Waals surface area contributed by atoms with Crippen LogP contribution < -0.4 is 4.90 Å². The number of benzene rings is 1. The largest absolute Gasteiger partial charge is 0.591 e. The standard InChI is InChI=1S/C26H39N3O4S/c1-24(2,3)33-23(30)29-11-9-26(10-12-29)18-19-7-8-20(28-13-15-32-16-14-28)17-21(19)22(26)27-34(31)25(4,5)6/h7-8,17H,9-16,18H2,1-6H3/t34-/m1/s1. The van der Waals surface area contributed by atoms with E-state index in [1.165, 1.54) is 11.3 Å². The number of carbonyl (C=O) groups is 1. The summed E-state index contributed by atoms with van der Waals surface area (Å²) < 4.78 is 28.8. The van der Waals surface area contributed by atoms with E-state index in [2.05, 4.69) is 23.1 Å². The van der Waals surface area contributed by atoms with E-state index in [1.54, 1.807) is 4.90 Å². The number of ether oxygens (including phenoxy) is 2. The molecule has 3 aliphatic rings. The molecule has 1 aliphatic carbocycles. The lowest BCUT2D eigenvalue weighted by molar-refractivity contribution is 0.0159. The lowest BCUT2D eigenvalue weighted by Gasteiger charge is -2.39. The minimum Gasteiger partial charge on any atom is -0.591 e. The summed E-state index contributed by atoms with van der Waals surface area (Å²) in [6.45, 7) is 16.0. The van der Waals surface area contributed by atoms with Gasteiger partial charge in [-0.1, -0.05) is 10.5 Å². The zero-order valence-electron chi connectivity index (χ0n) is 21.5. The molecule has 0 bridgehead atoms. The molecule has 1 aromatic rings. The Morgan fingerprint density at radius 2 is 1.74 bits per heavy atom. The molecule has 1 atom stereocenters. The van der Waals surface area contributed by atoms with Crippen molar-refractivity contribution < 1.29 is 18.8 Å². The quantitative estimate of drug-likeness (QED) is 0.577. The average molecular weight is 490 g/mol. The van der Waals surface area contributed by atoms with E-state index >= 15 is 0 Å². The normalized spacial score (nSPS) is 22.7. The Morgan fingerprint density at radius 3 is 2.32 bits per heavy atom. The average Bonchev–Trinajstić information content (AvgIpc) is 3.05. The van der Waals surface area contributed by atoms with Crippen LogP contribution >= 0.6 is 0 Å². The zero-order valence-corrected chi connectivity index (χ0v) is 22.3. The molecule has 8 heteroatoms. The van der Waals surface area contributed by atoms with Crippen molar-refractivity contribution >= 4 is 28.9 Å². The first kappa shape index (κ1) is 25.3. The highest BCUT2D eigenvalue weighted by Gasteiger charge is 2.48. The van der Waals surface area contributed by atoms with Gasteiger partial charge in [0.2, 0.25) is 0 Å². The van der Waals surface area contributed by atoms with Crippen molar-refractivity contribution in [2.24, 2.45) is 9.81 Å². The fourth-order valence-corrected chi connectivity index (χ4v) is 5.65. The Morgan fingerprint density at radius 1 is 1.09 bits per heavy atom. The molecule has 1 aromatic carbocycles. The SMILES string of the molecule is CC(C)(C)OC(=O)N1CCC2(CC1)Cc1ccc(N3CCOCC3)cc1C2=N[S@+]([O-])C(C)(C)C. The minimum absolute atomic E-state index is 0.203. The Hall–Kier alpha value is -1.77. The molecule has 7 nitrogen and oxygen atoms in total. The molecular weight excluding hydrogens is 450 g/mol. The van der Waals surface area contributed by atoms with Crippen molar-refractivity contribution in [2.75, 3.05) is 44.3 Å². The lowest BCUT2D eigenvalue weighted by Crippen LogP contribution is -2.47. The first-order chi connectivity index (χ1) is 15.9. The van der Waals surface area contributed by atoms with Crippen LogP contribution in [0.1, 0.15) is 65.5 Å². The molecule has 0 N–H and O–H groups in total.